The maximum atomic E-state index is 12.3. The quantitative estimate of drug-likeness (QED) is 0.627. The number of aromatic amines is 1. The number of piperidine rings is 1. The highest BCUT2D eigenvalue weighted by atomic mass is 16.2. The lowest BCUT2D eigenvalue weighted by Crippen LogP contribution is -2.41. The van der Waals surface area contributed by atoms with Crippen molar-refractivity contribution >= 4 is 11.6 Å². The van der Waals surface area contributed by atoms with Crippen molar-refractivity contribution in [2.75, 3.05) is 25.0 Å². The van der Waals surface area contributed by atoms with E-state index in [0.717, 1.165) is 42.7 Å². The van der Waals surface area contributed by atoms with Gasteiger partial charge < -0.3 is 20.5 Å². The third-order valence-corrected chi connectivity index (χ3v) is 4.99. The number of aromatic nitrogens is 2. The van der Waals surface area contributed by atoms with E-state index in [-0.39, 0.29) is 17.5 Å². The lowest BCUT2D eigenvalue weighted by Gasteiger charge is -2.32. The molecule has 3 heterocycles. The number of carbonyl (C=O) groups excluding carboxylic acids is 1. The molecule has 2 aromatic rings. The minimum atomic E-state index is -0.122. The molecule has 3 rings (SSSR count). The van der Waals surface area contributed by atoms with Crippen LogP contribution < -0.4 is 16.2 Å². The lowest BCUT2D eigenvalue weighted by atomic mass is 10.0. The van der Waals surface area contributed by atoms with Gasteiger partial charge in [0.05, 0.1) is 11.9 Å². The molecule has 1 aliphatic heterocycles. The number of anilines is 1. The molecular weight excluding hydrogens is 366 g/mol. The molecule has 154 valence electrons. The zero-order valence-corrected chi connectivity index (χ0v) is 17.0. The van der Waals surface area contributed by atoms with Crippen LogP contribution in [-0.2, 0) is 4.79 Å². The summed E-state index contributed by atoms with van der Waals surface area (Å²) in [4.78, 5) is 32.5. The normalized spacial score (nSPS) is 15.2. The summed E-state index contributed by atoms with van der Waals surface area (Å²) in [7, 11) is 0. The Kier molecular flexibility index (Phi) is 7.19. The van der Waals surface area contributed by atoms with Crippen LogP contribution in [0.15, 0.2) is 53.7 Å². The summed E-state index contributed by atoms with van der Waals surface area (Å²) in [6.45, 7) is 6.33. The number of nitrogens with zero attached hydrogens (tertiary/aromatic N) is 2. The lowest BCUT2D eigenvalue weighted by molar-refractivity contribution is -0.126. The molecule has 1 aliphatic rings. The minimum absolute atomic E-state index is 0.0734. The number of hydrogen-bond donors (Lipinski definition) is 3. The van der Waals surface area contributed by atoms with Crippen LogP contribution in [0.2, 0.25) is 0 Å². The van der Waals surface area contributed by atoms with Crippen molar-refractivity contribution in [2.45, 2.75) is 38.8 Å². The Morgan fingerprint density at radius 1 is 1.31 bits per heavy atom. The second-order valence-corrected chi connectivity index (χ2v) is 7.57. The minimum Gasteiger partial charge on any atom is -0.380 e. The van der Waals surface area contributed by atoms with Gasteiger partial charge in [-0.25, -0.2) is 0 Å². The SMILES string of the molecule is CC(C)NC/C=C/C(=O)N1CCC(Nc2cnccc2-c2ccc(=O)[nH]c2)CC1. The second kappa shape index (κ2) is 10.0. The fourth-order valence-electron chi connectivity index (χ4n) is 3.37. The number of carbonyl (C=O) groups is 1. The summed E-state index contributed by atoms with van der Waals surface area (Å²) in [5, 5.41) is 6.83. The van der Waals surface area contributed by atoms with Crippen LogP contribution >= 0.6 is 0 Å². The Labute approximate surface area is 171 Å². The third kappa shape index (κ3) is 6.02. The van der Waals surface area contributed by atoms with Crippen LogP contribution in [0.3, 0.4) is 0 Å². The van der Waals surface area contributed by atoms with Crippen molar-refractivity contribution in [3.63, 3.8) is 0 Å². The number of rotatable bonds is 7. The van der Waals surface area contributed by atoms with E-state index in [0.29, 0.717) is 12.6 Å². The highest BCUT2D eigenvalue weighted by Crippen LogP contribution is 2.27. The van der Waals surface area contributed by atoms with Gasteiger partial charge in [0.2, 0.25) is 11.5 Å². The van der Waals surface area contributed by atoms with Gasteiger partial charge in [0.1, 0.15) is 0 Å². The summed E-state index contributed by atoms with van der Waals surface area (Å²) in [5.41, 5.74) is 2.74. The highest BCUT2D eigenvalue weighted by molar-refractivity contribution is 5.87. The molecule has 7 heteroatoms. The monoisotopic (exact) mass is 395 g/mol. The molecule has 2 aromatic heterocycles. The van der Waals surface area contributed by atoms with Crippen LogP contribution in [0.4, 0.5) is 5.69 Å². The van der Waals surface area contributed by atoms with Gasteiger partial charge in [0.15, 0.2) is 0 Å². The van der Waals surface area contributed by atoms with Crippen molar-refractivity contribution in [1.82, 2.24) is 20.2 Å². The molecule has 0 saturated carbocycles. The molecule has 0 bridgehead atoms. The average Bonchev–Trinajstić information content (AvgIpc) is 2.72. The number of likely N-dealkylation sites (tertiary alicyclic amines) is 1. The number of pyridine rings is 2. The van der Waals surface area contributed by atoms with Gasteiger partial charge in [-0.05, 0) is 25.0 Å². The van der Waals surface area contributed by atoms with E-state index >= 15 is 0 Å². The van der Waals surface area contributed by atoms with Crippen LogP contribution in [0, 0.1) is 0 Å². The number of amides is 1. The summed E-state index contributed by atoms with van der Waals surface area (Å²) >= 11 is 0. The third-order valence-electron chi connectivity index (χ3n) is 4.99. The Hall–Kier alpha value is -2.93. The van der Waals surface area contributed by atoms with Crippen LogP contribution in [0.1, 0.15) is 26.7 Å². The maximum absolute atomic E-state index is 12.3. The topological polar surface area (TPSA) is 90.1 Å². The van der Waals surface area contributed by atoms with Gasteiger partial charge in [0.25, 0.3) is 0 Å². The molecule has 7 nitrogen and oxygen atoms in total. The maximum Gasteiger partial charge on any atom is 0.247 e. The molecule has 3 N–H and O–H groups in total. The zero-order valence-electron chi connectivity index (χ0n) is 17.0. The number of H-pyrrole nitrogens is 1. The summed E-state index contributed by atoms with van der Waals surface area (Å²) in [6.07, 6.45) is 10.6. The Bertz CT molecular complexity index is 878. The number of hydrogen-bond acceptors (Lipinski definition) is 5. The smallest absolute Gasteiger partial charge is 0.247 e. The van der Waals surface area contributed by atoms with E-state index in [4.69, 9.17) is 0 Å². The van der Waals surface area contributed by atoms with E-state index in [9.17, 15) is 9.59 Å². The van der Waals surface area contributed by atoms with Crippen molar-refractivity contribution in [3.8, 4) is 11.1 Å². The van der Waals surface area contributed by atoms with Crippen LogP contribution in [-0.4, -0.2) is 52.5 Å². The molecule has 1 saturated heterocycles. The molecule has 1 amide bonds. The Morgan fingerprint density at radius 2 is 2.10 bits per heavy atom. The molecule has 0 aromatic carbocycles. The van der Waals surface area contributed by atoms with Gasteiger partial charge in [-0.2, -0.15) is 0 Å². The van der Waals surface area contributed by atoms with Crippen molar-refractivity contribution in [1.29, 1.82) is 0 Å². The molecule has 29 heavy (non-hydrogen) atoms. The molecule has 0 radical (unpaired) electrons. The van der Waals surface area contributed by atoms with E-state index < -0.39 is 0 Å². The zero-order chi connectivity index (χ0) is 20.6. The predicted molar refractivity (Wildman–Crippen MR) is 116 cm³/mol. The van der Waals surface area contributed by atoms with Gasteiger partial charge in [-0.3, -0.25) is 14.6 Å². The predicted octanol–water partition coefficient (Wildman–Crippen LogP) is 2.39. The molecule has 1 fully saturated rings. The van der Waals surface area contributed by atoms with Gasteiger partial charge in [-0.1, -0.05) is 19.9 Å². The summed E-state index contributed by atoms with van der Waals surface area (Å²) in [6, 6.07) is 5.95. The first-order chi connectivity index (χ1) is 14.0. The van der Waals surface area contributed by atoms with Gasteiger partial charge >= 0.3 is 0 Å². The van der Waals surface area contributed by atoms with Crippen LogP contribution in [0.5, 0.6) is 0 Å². The van der Waals surface area contributed by atoms with Gasteiger partial charge in [-0.15, -0.1) is 0 Å². The largest absolute Gasteiger partial charge is 0.380 e. The molecule has 0 atom stereocenters. The fourth-order valence-corrected chi connectivity index (χ4v) is 3.37. The first-order valence-corrected chi connectivity index (χ1v) is 10.1. The Balaban J connectivity index is 1.56. The molecule has 0 aliphatic carbocycles. The Morgan fingerprint density at radius 3 is 2.79 bits per heavy atom. The van der Waals surface area contributed by atoms with Crippen molar-refractivity contribution in [2.24, 2.45) is 0 Å². The van der Waals surface area contributed by atoms with Crippen molar-refractivity contribution < 1.29 is 4.79 Å². The fraction of sp³-hybridized carbons (Fsp3) is 0.409. The van der Waals surface area contributed by atoms with E-state index in [1.165, 1.54) is 6.07 Å². The van der Waals surface area contributed by atoms with E-state index in [1.54, 1.807) is 24.5 Å². The first-order valence-electron chi connectivity index (χ1n) is 10.1. The number of nitrogens with one attached hydrogen (secondary N) is 3. The summed E-state index contributed by atoms with van der Waals surface area (Å²) in [5.74, 6) is 0.0734. The molecule has 0 unspecified atom stereocenters. The van der Waals surface area contributed by atoms with E-state index in [2.05, 4.69) is 34.4 Å². The highest BCUT2D eigenvalue weighted by Gasteiger charge is 2.22. The standard InChI is InChI=1S/C22H29N5O2/c1-16(2)24-10-3-4-22(29)27-12-8-18(9-13-27)26-20-15-23-11-7-19(20)17-5-6-21(28)25-14-17/h3-7,11,14-16,18,24,26H,8-10,12-13H2,1-2H3,(H,25,28)/b4-3+. The van der Waals surface area contributed by atoms with Gasteiger partial charge in [0, 0.05) is 67.4 Å². The van der Waals surface area contributed by atoms with Crippen molar-refractivity contribution in [3.05, 3.63) is 59.3 Å². The first kappa shape index (κ1) is 20.8. The average molecular weight is 396 g/mol. The molecular formula is C22H29N5O2. The second-order valence-electron chi connectivity index (χ2n) is 7.57. The van der Waals surface area contributed by atoms with E-state index in [1.807, 2.05) is 23.2 Å². The van der Waals surface area contributed by atoms with Crippen LogP contribution in [0.25, 0.3) is 11.1 Å². The summed E-state index contributed by atoms with van der Waals surface area (Å²) < 4.78 is 0. The molecule has 0 spiro atoms.